The van der Waals surface area contributed by atoms with Crippen molar-refractivity contribution in [2.75, 3.05) is 31.1 Å². The molecule has 2 aromatic rings. The predicted molar refractivity (Wildman–Crippen MR) is 91.7 cm³/mol. The monoisotopic (exact) mass is 312 g/mol. The Morgan fingerprint density at radius 1 is 1.17 bits per heavy atom. The number of aromatic nitrogens is 2. The quantitative estimate of drug-likeness (QED) is 0.945. The topological polar surface area (TPSA) is 52.2 Å². The fraction of sp³-hybridized carbons (Fsp3) is 0.444. The van der Waals surface area contributed by atoms with Gasteiger partial charge in [0.25, 0.3) is 0 Å². The van der Waals surface area contributed by atoms with Crippen molar-refractivity contribution >= 4 is 11.6 Å². The number of carbonyl (C=O) groups is 1. The molecule has 0 spiro atoms. The molecule has 0 saturated carbocycles. The first-order valence-corrected chi connectivity index (χ1v) is 8.14. The Hall–Kier alpha value is -2.30. The number of nitrogens with zero attached hydrogens (tertiary/aromatic N) is 3. The van der Waals surface area contributed by atoms with Gasteiger partial charge in [0.2, 0.25) is 5.91 Å². The average molecular weight is 312 g/mol. The molecule has 1 saturated heterocycles. The van der Waals surface area contributed by atoms with Gasteiger partial charge in [0, 0.05) is 26.2 Å². The van der Waals surface area contributed by atoms with Gasteiger partial charge in [-0.1, -0.05) is 29.8 Å². The molecule has 1 aromatic carbocycles. The summed E-state index contributed by atoms with van der Waals surface area (Å²) in [5, 5.41) is 7.30. The van der Waals surface area contributed by atoms with Gasteiger partial charge in [-0.25, -0.2) is 0 Å². The molecule has 1 aliphatic heterocycles. The number of benzene rings is 1. The van der Waals surface area contributed by atoms with Crippen LogP contribution < -0.4 is 4.90 Å². The highest BCUT2D eigenvalue weighted by atomic mass is 16.2. The Morgan fingerprint density at radius 2 is 1.91 bits per heavy atom. The van der Waals surface area contributed by atoms with E-state index in [1.807, 2.05) is 30.9 Å². The van der Waals surface area contributed by atoms with E-state index < -0.39 is 0 Å². The Labute approximate surface area is 137 Å². The number of nitrogens with one attached hydrogen (secondary N) is 1. The highest BCUT2D eigenvalue weighted by Crippen LogP contribution is 2.23. The van der Waals surface area contributed by atoms with Crippen LogP contribution in [-0.4, -0.2) is 47.2 Å². The lowest BCUT2D eigenvalue weighted by Crippen LogP contribution is -2.49. The molecule has 0 aliphatic carbocycles. The Morgan fingerprint density at radius 3 is 2.52 bits per heavy atom. The van der Waals surface area contributed by atoms with E-state index in [4.69, 9.17) is 0 Å². The van der Waals surface area contributed by atoms with Crippen molar-refractivity contribution in [3.63, 3.8) is 0 Å². The molecule has 23 heavy (non-hydrogen) atoms. The third kappa shape index (κ3) is 3.38. The maximum absolute atomic E-state index is 12.5. The molecule has 1 fully saturated rings. The lowest BCUT2D eigenvalue weighted by atomic mass is 10.1. The largest absolute Gasteiger partial charge is 0.365 e. The highest BCUT2D eigenvalue weighted by Gasteiger charge is 2.24. The molecule has 122 valence electrons. The van der Waals surface area contributed by atoms with Gasteiger partial charge in [0.1, 0.15) is 0 Å². The second kappa shape index (κ2) is 6.44. The summed E-state index contributed by atoms with van der Waals surface area (Å²) in [5.41, 5.74) is 5.62. The number of hydrogen-bond donors (Lipinski definition) is 1. The first-order valence-electron chi connectivity index (χ1n) is 8.14. The molecule has 1 amide bonds. The molecule has 2 heterocycles. The molecular weight excluding hydrogens is 288 g/mol. The average Bonchev–Trinajstić information content (AvgIpc) is 2.86. The maximum Gasteiger partial charge on any atom is 0.227 e. The van der Waals surface area contributed by atoms with Gasteiger partial charge in [-0.05, 0) is 26.3 Å². The van der Waals surface area contributed by atoms with Crippen LogP contribution in [0.3, 0.4) is 0 Å². The number of carbonyl (C=O) groups excluding carboxylic acids is 1. The van der Waals surface area contributed by atoms with Crippen molar-refractivity contribution in [3.8, 4) is 0 Å². The van der Waals surface area contributed by atoms with Crippen molar-refractivity contribution in [1.82, 2.24) is 15.1 Å². The van der Waals surface area contributed by atoms with E-state index in [9.17, 15) is 4.79 Å². The Bertz CT molecular complexity index is 679. The molecule has 1 aliphatic rings. The van der Waals surface area contributed by atoms with Crippen molar-refractivity contribution < 1.29 is 4.79 Å². The molecule has 1 aromatic heterocycles. The number of hydrogen-bond acceptors (Lipinski definition) is 3. The third-order valence-corrected chi connectivity index (χ3v) is 4.48. The summed E-state index contributed by atoms with van der Waals surface area (Å²) in [6.45, 7) is 9.39. The number of aromatic amines is 1. The number of piperazine rings is 1. The second-order valence-electron chi connectivity index (χ2n) is 6.32. The van der Waals surface area contributed by atoms with Crippen molar-refractivity contribution in [2.45, 2.75) is 27.2 Å². The fourth-order valence-corrected chi connectivity index (χ4v) is 3.30. The van der Waals surface area contributed by atoms with Gasteiger partial charge < -0.3 is 9.80 Å². The van der Waals surface area contributed by atoms with E-state index in [1.54, 1.807) is 0 Å². The van der Waals surface area contributed by atoms with Gasteiger partial charge in [-0.2, -0.15) is 5.10 Å². The van der Waals surface area contributed by atoms with E-state index >= 15 is 0 Å². The van der Waals surface area contributed by atoms with Crippen molar-refractivity contribution in [2.24, 2.45) is 0 Å². The van der Waals surface area contributed by atoms with Gasteiger partial charge in [0.15, 0.2) is 0 Å². The second-order valence-corrected chi connectivity index (χ2v) is 6.32. The van der Waals surface area contributed by atoms with E-state index in [0.717, 1.165) is 43.1 Å². The van der Waals surface area contributed by atoms with Gasteiger partial charge in [0.05, 0.1) is 23.5 Å². The number of H-pyrrole nitrogens is 1. The first kappa shape index (κ1) is 15.6. The summed E-state index contributed by atoms with van der Waals surface area (Å²) in [5.74, 6) is 0.218. The van der Waals surface area contributed by atoms with Crippen LogP contribution in [0, 0.1) is 20.8 Å². The van der Waals surface area contributed by atoms with E-state index in [2.05, 4.69) is 34.2 Å². The van der Waals surface area contributed by atoms with Crippen molar-refractivity contribution in [1.29, 1.82) is 0 Å². The van der Waals surface area contributed by atoms with E-state index in [1.165, 1.54) is 11.3 Å². The molecule has 5 nitrogen and oxygen atoms in total. The van der Waals surface area contributed by atoms with Crippen LogP contribution >= 0.6 is 0 Å². The smallest absolute Gasteiger partial charge is 0.227 e. The number of amides is 1. The molecule has 1 N–H and O–H groups in total. The summed E-state index contributed by atoms with van der Waals surface area (Å²) in [6, 6.07) is 8.19. The van der Waals surface area contributed by atoms with Crippen LogP contribution in [0.2, 0.25) is 0 Å². The van der Waals surface area contributed by atoms with Crippen LogP contribution in [0.1, 0.15) is 22.5 Å². The lowest BCUT2D eigenvalue weighted by molar-refractivity contribution is -0.130. The zero-order valence-electron chi connectivity index (χ0n) is 14.1. The summed E-state index contributed by atoms with van der Waals surface area (Å²) in [6.07, 6.45) is 0.492. The number of aryl methyl sites for hydroxylation is 3. The molecule has 0 atom stereocenters. The standard InChI is InChI=1S/C18H24N4O/c1-13-5-4-6-16(11-13)12-17(23)21-7-9-22(10-8-21)18-14(2)19-20-15(18)3/h4-6,11H,7-10,12H2,1-3H3,(H,19,20). The van der Waals surface area contributed by atoms with Crippen LogP contribution in [0.4, 0.5) is 5.69 Å². The summed E-state index contributed by atoms with van der Waals surface area (Å²) < 4.78 is 0. The van der Waals surface area contributed by atoms with Gasteiger partial charge >= 0.3 is 0 Å². The summed E-state index contributed by atoms with van der Waals surface area (Å²) in [7, 11) is 0. The predicted octanol–water partition coefficient (Wildman–Crippen LogP) is 2.23. The molecule has 5 heteroatoms. The Kier molecular flexibility index (Phi) is 4.37. The third-order valence-electron chi connectivity index (χ3n) is 4.48. The van der Waals surface area contributed by atoms with Gasteiger partial charge in [-0.15, -0.1) is 0 Å². The minimum Gasteiger partial charge on any atom is -0.365 e. The molecule has 0 unspecified atom stereocenters. The van der Waals surface area contributed by atoms with Crippen LogP contribution in [0.25, 0.3) is 0 Å². The highest BCUT2D eigenvalue weighted by molar-refractivity contribution is 5.79. The van der Waals surface area contributed by atoms with Gasteiger partial charge in [-0.3, -0.25) is 9.89 Å². The fourth-order valence-electron chi connectivity index (χ4n) is 3.30. The molecular formula is C18H24N4O. The minimum atomic E-state index is 0.218. The molecule has 0 radical (unpaired) electrons. The molecule has 3 rings (SSSR count). The zero-order valence-corrected chi connectivity index (χ0v) is 14.1. The first-order chi connectivity index (χ1) is 11.0. The van der Waals surface area contributed by atoms with Crippen LogP contribution in [0.15, 0.2) is 24.3 Å². The molecule has 0 bridgehead atoms. The Balaban J connectivity index is 1.59. The zero-order chi connectivity index (χ0) is 16.4. The van der Waals surface area contributed by atoms with Crippen molar-refractivity contribution in [3.05, 3.63) is 46.8 Å². The van der Waals surface area contributed by atoms with Crippen LogP contribution in [-0.2, 0) is 11.2 Å². The van der Waals surface area contributed by atoms with E-state index in [0.29, 0.717) is 6.42 Å². The van der Waals surface area contributed by atoms with Crippen LogP contribution in [0.5, 0.6) is 0 Å². The maximum atomic E-state index is 12.5. The number of rotatable bonds is 3. The summed E-state index contributed by atoms with van der Waals surface area (Å²) in [4.78, 5) is 16.8. The van der Waals surface area contributed by atoms with E-state index in [-0.39, 0.29) is 5.91 Å². The SMILES string of the molecule is Cc1cccc(CC(=O)N2CCN(c3c(C)n[nH]c3C)CC2)c1. The lowest BCUT2D eigenvalue weighted by Gasteiger charge is -2.36. The normalized spacial score (nSPS) is 15.1. The summed E-state index contributed by atoms with van der Waals surface area (Å²) >= 11 is 0. The number of anilines is 1. The minimum absolute atomic E-state index is 0.218.